The SMILES string of the molecule is Cc1cc(NC(=O)Cn2nc(C)c(Cl)c2C)no1. The Hall–Kier alpha value is -1.82. The zero-order valence-electron chi connectivity index (χ0n) is 10.3. The second kappa shape index (κ2) is 4.81. The van der Waals surface area contributed by atoms with Gasteiger partial charge in [-0.05, 0) is 20.8 Å². The lowest BCUT2D eigenvalue weighted by Crippen LogP contribution is -2.20. The Kier molecular flexibility index (Phi) is 3.38. The van der Waals surface area contributed by atoms with Gasteiger partial charge >= 0.3 is 0 Å². The maximum Gasteiger partial charge on any atom is 0.247 e. The maximum absolute atomic E-state index is 11.8. The number of rotatable bonds is 3. The Labute approximate surface area is 109 Å². The van der Waals surface area contributed by atoms with Crippen LogP contribution in [0.2, 0.25) is 5.02 Å². The number of hydrogen-bond acceptors (Lipinski definition) is 4. The van der Waals surface area contributed by atoms with Crippen LogP contribution in [0.1, 0.15) is 17.1 Å². The van der Waals surface area contributed by atoms with Gasteiger partial charge in [0.2, 0.25) is 5.91 Å². The summed E-state index contributed by atoms with van der Waals surface area (Å²) < 4.78 is 6.41. The summed E-state index contributed by atoms with van der Waals surface area (Å²) in [5.74, 6) is 0.801. The monoisotopic (exact) mass is 268 g/mol. The molecule has 0 unspecified atom stereocenters. The van der Waals surface area contributed by atoms with E-state index in [0.717, 1.165) is 5.69 Å². The lowest BCUT2D eigenvalue weighted by Gasteiger charge is -2.03. The van der Waals surface area contributed by atoms with Crippen LogP contribution >= 0.6 is 11.6 Å². The van der Waals surface area contributed by atoms with Crippen molar-refractivity contribution in [2.75, 3.05) is 5.32 Å². The molecule has 1 N–H and O–H groups in total. The average molecular weight is 269 g/mol. The summed E-state index contributed by atoms with van der Waals surface area (Å²) in [5, 5.41) is 11.1. The third-order valence-corrected chi connectivity index (χ3v) is 3.03. The molecule has 96 valence electrons. The molecule has 7 heteroatoms. The van der Waals surface area contributed by atoms with Crippen molar-refractivity contribution in [3.63, 3.8) is 0 Å². The third kappa shape index (κ3) is 2.53. The van der Waals surface area contributed by atoms with E-state index in [1.54, 1.807) is 24.6 Å². The third-order valence-electron chi connectivity index (χ3n) is 2.48. The minimum Gasteiger partial charge on any atom is -0.360 e. The van der Waals surface area contributed by atoms with Crippen LogP contribution in [0.3, 0.4) is 0 Å². The first-order valence-corrected chi connectivity index (χ1v) is 5.78. The van der Waals surface area contributed by atoms with Crippen LogP contribution in [0.5, 0.6) is 0 Å². The number of amides is 1. The van der Waals surface area contributed by atoms with Crippen LogP contribution < -0.4 is 5.32 Å². The van der Waals surface area contributed by atoms with E-state index in [4.69, 9.17) is 16.1 Å². The van der Waals surface area contributed by atoms with E-state index in [0.29, 0.717) is 22.3 Å². The van der Waals surface area contributed by atoms with E-state index in [1.807, 2.05) is 6.92 Å². The number of hydrogen-bond donors (Lipinski definition) is 1. The van der Waals surface area contributed by atoms with Gasteiger partial charge in [0.1, 0.15) is 12.3 Å². The highest BCUT2D eigenvalue weighted by molar-refractivity contribution is 6.31. The molecule has 0 atom stereocenters. The first kappa shape index (κ1) is 12.6. The van der Waals surface area contributed by atoms with Gasteiger partial charge in [-0.15, -0.1) is 0 Å². The number of halogens is 1. The Balaban J connectivity index is 2.05. The molecular formula is C11H13ClN4O2. The molecule has 0 aliphatic heterocycles. The number of aromatic nitrogens is 3. The molecule has 18 heavy (non-hydrogen) atoms. The van der Waals surface area contributed by atoms with E-state index >= 15 is 0 Å². The number of aryl methyl sites for hydroxylation is 2. The number of nitrogens with zero attached hydrogens (tertiary/aromatic N) is 3. The number of carbonyl (C=O) groups excluding carboxylic acids is 1. The average Bonchev–Trinajstić information content (AvgIpc) is 2.80. The van der Waals surface area contributed by atoms with Crippen LogP contribution in [0.4, 0.5) is 5.82 Å². The zero-order valence-corrected chi connectivity index (χ0v) is 11.1. The Morgan fingerprint density at radius 2 is 2.22 bits per heavy atom. The second-order valence-electron chi connectivity index (χ2n) is 4.01. The van der Waals surface area contributed by atoms with Crippen molar-refractivity contribution in [1.29, 1.82) is 0 Å². The highest BCUT2D eigenvalue weighted by Gasteiger charge is 2.13. The highest BCUT2D eigenvalue weighted by Crippen LogP contribution is 2.18. The van der Waals surface area contributed by atoms with Crippen LogP contribution in [-0.4, -0.2) is 20.8 Å². The van der Waals surface area contributed by atoms with Crippen molar-refractivity contribution in [2.24, 2.45) is 0 Å². The molecule has 0 aliphatic rings. The summed E-state index contributed by atoms with van der Waals surface area (Å²) >= 11 is 6.00. The highest BCUT2D eigenvalue weighted by atomic mass is 35.5. The second-order valence-corrected chi connectivity index (χ2v) is 4.39. The Bertz CT molecular complexity index is 588. The molecule has 0 radical (unpaired) electrons. The van der Waals surface area contributed by atoms with Gasteiger partial charge in [-0.25, -0.2) is 0 Å². The van der Waals surface area contributed by atoms with Gasteiger partial charge in [0, 0.05) is 6.07 Å². The molecule has 0 aromatic carbocycles. The fraction of sp³-hybridized carbons (Fsp3) is 0.364. The van der Waals surface area contributed by atoms with Crippen molar-refractivity contribution in [2.45, 2.75) is 27.3 Å². The van der Waals surface area contributed by atoms with Crippen molar-refractivity contribution in [1.82, 2.24) is 14.9 Å². The first-order valence-electron chi connectivity index (χ1n) is 5.40. The number of carbonyl (C=O) groups is 1. The van der Waals surface area contributed by atoms with Gasteiger partial charge in [0.05, 0.1) is 16.4 Å². The minimum atomic E-state index is -0.231. The molecule has 2 rings (SSSR count). The summed E-state index contributed by atoms with van der Waals surface area (Å²) in [7, 11) is 0. The molecule has 0 saturated heterocycles. The van der Waals surface area contributed by atoms with E-state index in [9.17, 15) is 4.79 Å². The van der Waals surface area contributed by atoms with Crippen LogP contribution in [0.15, 0.2) is 10.6 Å². The van der Waals surface area contributed by atoms with Crippen LogP contribution in [0.25, 0.3) is 0 Å². The predicted octanol–water partition coefficient (Wildman–Crippen LogP) is 2.09. The molecule has 0 saturated carbocycles. The van der Waals surface area contributed by atoms with Gasteiger partial charge < -0.3 is 9.84 Å². The number of nitrogens with one attached hydrogen (secondary N) is 1. The molecule has 0 fully saturated rings. The molecule has 6 nitrogen and oxygen atoms in total. The summed E-state index contributed by atoms with van der Waals surface area (Å²) in [6.45, 7) is 5.45. The standard InChI is InChI=1S/C11H13ClN4O2/c1-6-4-9(15-18-6)13-10(17)5-16-8(3)11(12)7(2)14-16/h4H,5H2,1-3H3,(H,13,15,17). The lowest BCUT2D eigenvalue weighted by molar-refractivity contribution is -0.117. The summed E-state index contributed by atoms with van der Waals surface area (Å²) in [4.78, 5) is 11.8. The van der Waals surface area contributed by atoms with Crippen molar-refractivity contribution >= 4 is 23.3 Å². The molecule has 0 bridgehead atoms. The van der Waals surface area contributed by atoms with Crippen molar-refractivity contribution in [3.8, 4) is 0 Å². The van der Waals surface area contributed by atoms with Gasteiger partial charge in [-0.1, -0.05) is 16.8 Å². The minimum absolute atomic E-state index is 0.0886. The maximum atomic E-state index is 11.8. The summed E-state index contributed by atoms with van der Waals surface area (Å²) in [6.07, 6.45) is 0. The van der Waals surface area contributed by atoms with Gasteiger partial charge in [-0.2, -0.15) is 5.10 Å². The van der Waals surface area contributed by atoms with E-state index in [-0.39, 0.29) is 12.5 Å². The zero-order chi connectivity index (χ0) is 13.3. The smallest absolute Gasteiger partial charge is 0.247 e. The quantitative estimate of drug-likeness (QED) is 0.925. The lowest BCUT2D eigenvalue weighted by atomic mass is 10.4. The molecular weight excluding hydrogens is 256 g/mol. The topological polar surface area (TPSA) is 73.0 Å². The first-order chi connectivity index (χ1) is 8.47. The predicted molar refractivity (Wildman–Crippen MR) is 66.6 cm³/mol. The molecule has 2 aromatic rings. The van der Waals surface area contributed by atoms with E-state index < -0.39 is 0 Å². The van der Waals surface area contributed by atoms with E-state index in [1.165, 1.54) is 0 Å². The molecule has 0 aliphatic carbocycles. The van der Waals surface area contributed by atoms with Crippen LogP contribution in [-0.2, 0) is 11.3 Å². The molecule has 2 heterocycles. The van der Waals surface area contributed by atoms with Crippen LogP contribution in [0, 0.1) is 20.8 Å². The van der Waals surface area contributed by atoms with Gasteiger partial charge in [-0.3, -0.25) is 9.48 Å². The summed E-state index contributed by atoms with van der Waals surface area (Å²) in [6, 6.07) is 1.64. The Morgan fingerprint density at radius 1 is 1.50 bits per heavy atom. The normalized spacial score (nSPS) is 10.7. The molecule has 1 amide bonds. The fourth-order valence-corrected chi connectivity index (χ4v) is 1.71. The Morgan fingerprint density at radius 3 is 2.72 bits per heavy atom. The van der Waals surface area contributed by atoms with Gasteiger partial charge in [0.25, 0.3) is 0 Å². The van der Waals surface area contributed by atoms with Gasteiger partial charge in [0.15, 0.2) is 5.82 Å². The van der Waals surface area contributed by atoms with E-state index in [2.05, 4.69) is 15.6 Å². The molecule has 0 spiro atoms. The summed E-state index contributed by atoms with van der Waals surface area (Å²) in [5.41, 5.74) is 1.47. The largest absolute Gasteiger partial charge is 0.360 e. The number of anilines is 1. The molecule has 2 aromatic heterocycles. The fourth-order valence-electron chi connectivity index (χ4n) is 1.57. The van der Waals surface area contributed by atoms with Crippen molar-refractivity contribution < 1.29 is 9.32 Å². The van der Waals surface area contributed by atoms with Crippen molar-refractivity contribution in [3.05, 3.63) is 28.2 Å².